The van der Waals surface area contributed by atoms with E-state index in [0.29, 0.717) is 0 Å². The fourth-order valence-corrected chi connectivity index (χ4v) is 2.64. The second-order valence-electron chi connectivity index (χ2n) is 7.48. The first kappa shape index (κ1) is 14.6. The Morgan fingerprint density at radius 3 is 2.06 bits per heavy atom. The predicted octanol–water partition coefficient (Wildman–Crippen LogP) is 5.17. The van der Waals surface area contributed by atoms with E-state index in [1.165, 1.54) is 30.6 Å². The molecule has 1 nitrogen and oxygen atoms in total. The van der Waals surface area contributed by atoms with Gasteiger partial charge in [0.15, 0.2) is 0 Å². The van der Waals surface area contributed by atoms with Gasteiger partial charge in [-0.2, -0.15) is 0 Å². The number of allylic oxidation sites excluding steroid dienone is 2. The van der Waals surface area contributed by atoms with E-state index in [1.807, 2.05) is 0 Å². The zero-order valence-electron chi connectivity index (χ0n) is 12.8. The molecule has 1 heteroatoms. The van der Waals surface area contributed by atoms with Gasteiger partial charge < -0.3 is 4.74 Å². The molecule has 1 heterocycles. The highest BCUT2D eigenvalue weighted by Gasteiger charge is 2.34. The highest BCUT2D eigenvalue weighted by Crippen LogP contribution is 2.43. The van der Waals surface area contributed by atoms with Crippen molar-refractivity contribution in [3.05, 3.63) is 11.3 Å². The summed E-state index contributed by atoms with van der Waals surface area (Å²) in [4.78, 5) is 0. The van der Waals surface area contributed by atoms with Crippen molar-refractivity contribution in [1.29, 1.82) is 0 Å². The van der Waals surface area contributed by atoms with Crippen molar-refractivity contribution in [2.75, 3.05) is 6.61 Å². The molecule has 17 heavy (non-hydrogen) atoms. The summed E-state index contributed by atoms with van der Waals surface area (Å²) in [5.41, 5.74) is 1.91. The molecule has 100 valence electrons. The normalized spacial score (nSPS) is 22.6. The summed E-state index contributed by atoms with van der Waals surface area (Å²) >= 11 is 0. The average molecular weight is 238 g/mol. The molecule has 0 fully saturated rings. The molecule has 1 rings (SSSR count). The molecule has 1 atom stereocenters. The second kappa shape index (κ2) is 5.04. The topological polar surface area (TPSA) is 9.23 Å². The van der Waals surface area contributed by atoms with Gasteiger partial charge in [0.05, 0.1) is 6.61 Å². The van der Waals surface area contributed by atoms with Crippen molar-refractivity contribution in [2.45, 2.75) is 67.7 Å². The largest absolute Gasteiger partial charge is 0.497 e. The molecule has 0 aromatic carbocycles. The van der Waals surface area contributed by atoms with E-state index >= 15 is 0 Å². The minimum absolute atomic E-state index is 0.139. The standard InChI is InChI=1S/C16H30O/c1-8-9-12-10-13(15(2,3)4)14(17-11-12)16(5,6)7/h12H,8-11H2,1-7H3. The highest BCUT2D eigenvalue weighted by atomic mass is 16.5. The molecule has 0 saturated carbocycles. The zero-order valence-corrected chi connectivity index (χ0v) is 12.8. The predicted molar refractivity (Wildman–Crippen MR) is 74.9 cm³/mol. The summed E-state index contributed by atoms with van der Waals surface area (Å²) < 4.78 is 6.13. The van der Waals surface area contributed by atoms with E-state index in [4.69, 9.17) is 4.74 Å². The van der Waals surface area contributed by atoms with Gasteiger partial charge in [0.1, 0.15) is 5.76 Å². The van der Waals surface area contributed by atoms with Crippen molar-refractivity contribution < 1.29 is 4.74 Å². The van der Waals surface area contributed by atoms with Crippen LogP contribution in [0.2, 0.25) is 0 Å². The van der Waals surface area contributed by atoms with E-state index in [0.717, 1.165) is 12.5 Å². The maximum Gasteiger partial charge on any atom is 0.101 e. The summed E-state index contributed by atoms with van der Waals surface area (Å²) in [6, 6.07) is 0. The lowest BCUT2D eigenvalue weighted by Gasteiger charge is -2.39. The molecular weight excluding hydrogens is 208 g/mol. The van der Waals surface area contributed by atoms with Crippen LogP contribution in [0.5, 0.6) is 0 Å². The van der Waals surface area contributed by atoms with Gasteiger partial charge in [0.25, 0.3) is 0 Å². The molecule has 0 N–H and O–H groups in total. The lowest BCUT2D eigenvalue weighted by atomic mass is 9.74. The smallest absolute Gasteiger partial charge is 0.101 e. The Labute approximate surface area is 108 Å². The van der Waals surface area contributed by atoms with Crippen molar-refractivity contribution in [3.63, 3.8) is 0 Å². The number of hydrogen-bond donors (Lipinski definition) is 0. The van der Waals surface area contributed by atoms with Crippen LogP contribution in [0.15, 0.2) is 11.3 Å². The quantitative estimate of drug-likeness (QED) is 0.645. The van der Waals surface area contributed by atoms with Crippen LogP contribution in [-0.2, 0) is 4.74 Å². The first-order valence-corrected chi connectivity index (χ1v) is 7.03. The van der Waals surface area contributed by atoms with Gasteiger partial charge in [-0.3, -0.25) is 0 Å². The molecule has 1 aliphatic rings. The van der Waals surface area contributed by atoms with E-state index in [9.17, 15) is 0 Å². The van der Waals surface area contributed by atoms with Gasteiger partial charge in [0, 0.05) is 5.41 Å². The molecule has 1 aliphatic heterocycles. The van der Waals surface area contributed by atoms with Crippen LogP contribution in [0.1, 0.15) is 67.7 Å². The van der Waals surface area contributed by atoms with Crippen molar-refractivity contribution in [1.82, 2.24) is 0 Å². The molecule has 1 unspecified atom stereocenters. The molecule has 0 bridgehead atoms. The van der Waals surface area contributed by atoms with Crippen LogP contribution < -0.4 is 0 Å². The Balaban J connectivity index is 3.03. The number of ether oxygens (including phenoxy) is 1. The minimum Gasteiger partial charge on any atom is -0.497 e. The lowest BCUT2D eigenvalue weighted by molar-refractivity contribution is 0.0809. The maximum absolute atomic E-state index is 6.13. The Bertz CT molecular complexity index is 286. The molecule has 0 aromatic heterocycles. The van der Waals surface area contributed by atoms with E-state index in [1.54, 1.807) is 0 Å². The van der Waals surface area contributed by atoms with Gasteiger partial charge in [-0.15, -0.1) is 0 Å². The number of hydrogen-bond acceptors (Lipinski definition) is 1. The zero-order chi connectivity index (χ0) is 13.3. The van der Waals surface area contributed by atoms with Crippen molar-refractivity contribution in [3.8, 4) is 0 Å². The molecule has 0 saturated heterocycles. The lowest BCUT2D eigenvalue weighted by Crippen LogP contribution is -2.29. The fraction of sp³-hybridized carbons (Fsp3) is 0.875. The maximum atomic E-state index is 6.13. The van der Waals surface area contributed by atoms with E-state index < -0.39 is 0 Å². The molecular formula is C16H30O. The van der Waals surface area contributed by atoms with Crippen LogP contribution in [0, 0.1) is 16.7 Å². The summed E-state index contributed by atoms with van der Waals surface area (Å²) in [6.45, 7) is 16.9. The van der Waals surface area contributed by atoms with Gasteiger partial charge in [-0.05, 0) is 29.7 Å². The molecule has 0 radical (unpaired) electrons. The monoisotopic (exact) mass is 238 g/mol. The first-order chi connectivity index (χ1) is 7.66. The Kier molecular flexibility index (Phi) is 4.33. The van der Waals surface area contributed by atoms with Gasteiger partial charge >= 0.3 is 0 Å². The van der Waals surface area contributed by atoms with Crippen LogP contribution in [0.3, 0.4) is 0 Å². The molecule has 0 amide bonds. The summed E-state index contributed by atoms with van der Waals surface area (Å²) in [7, 11) is 0. The molecule has 0 aliphatic carbocycles. The minimum atomic E-state index is 0.139. The fourth-order valence-electron chi connectivity index (χ4n) is 2.64. The third-order valence-corrected chi connectivity index (χ3v) is 3.51. The SMILES string of the molecule is CCCC1COC(C(C)(C)C)=C(C(C)(C)C)C1. The van der Waals surface area contributed by atoms with E-state index in [-0.39, 0.29) is 10.8 Å². The van der Waals surface area contributed by atoms with Crippen molar-refractivity contribution in [2.24, 2.45) is 16.7 Å². The van der Waals surface area contributed by atoms with Crippen molar-refractivity contribution >= 4 is 0 Å². The Morgan fingerprint density at radius 2 is 1.65 bits per heavy atom. The van der Waals surface area contributed by atoms with Gasteiger partial charge in [-0.1, -0.05) is 54.9 Å². The second-order valence-corrected chi connectivity index (χ2v) is 7.48. The summed E-state index contributed by atoms with van der Waals surface area (Å²) in [6.07, 6.45) is 3.78. The third kappa shape index (κ3) is 3.76. The van der Waals surface area contributed by atoms with Gasteiger partial charge in [-0.25, -0.2) is 0 Å². The molecule has 0 spiro atoms. The summed E-state index contributed by atoms with van der Waals surface area (Å²) in [5.74, 6) is 1.97. The summed E-state index contributed by atoms with van der Waals surface area (Å²) in [5, 5.41) is 0. The number of rotatable bonds is 2. The Morgan fingerprint density at radius 1 is 1.06 bits per heavy atom. The van der Waals surface area contributed by atoms with Crippen LogP contribution in [0.25, 0.3) is 0 Å². The average Bonchev–Trinajstić information content (AvgIpc) is 2.15. The molecule has 0 aromatic rings. The Hall–Kier alpha value is -0.460. The van der Waals surface area contributed by atoms with Crippen LogP contribution in [-0.4, -0.2) is 6.61 Å². The third-order valence-electron chi connectivity index (χ3n) is 3.51. The van der Waals surface area contributed by atoms with Crippen LogP contribution >= 0.6 is 0 Å². The first-order valence-electron chi connectivity index (χ1n) is 7.03. The van der Waals surface area contributed by atoms with E-state index in [2.05, 4.69) is 48.5 Å². The van der Waals surface area contributed by atoms with Crippen LogP contribution in [0.4, 0.5) is 0 Å². The highest BCUT2D eigenvalue weighted by molar-refractivity contribution is 5.22. The van der Waals surface area contributed by atoms with Gasteiger partial charge in [0.2, 0.25) is 0 Å².